The van der Waals surface area contributed by atoms with E-state index in [1.165, 1.54) is 6.08 Å². The Hall–Kier alpha value is -2.01. The molecule has 1 saturated heterocycles. The maximum Gasteiger partial charge on any atom is 0.246 e. The summed E-state index contributed by atoms with van der Waals surface area (Å²) in [5, 5.41) is 0.568. The number of nitrogens with zero attached hydrogens (tertiary/aromatic N) is 1. The summed E-state index contributed by atoms with van der Waals surface area (Å²) in [5.41, 5.74) is 6.09. The molecule has 0 saturated carbocycles. The minimum atomic E-state index is -0.352. The SMILES string of the molecule is COc1ccc(Cl)cc1/C=C/C(=O)N1C[C@H](C(N)=O)CC[C@@H]1C. The van der Waals surface area contributed by atoms with Crippen LogP contribution in [0.1, 0.15) is 25.3 Å². The second kappa shape index (κ2) is 7.51. The van der Waals surface area contributed by atoms with Crippen LogP contribution < -0.4 is 10.5 Å². The second-order valence-electron chi connectivity index (χ2n) is 5.74. The molecule has 124 valence electrons. The lowest BCUT2D eigenvalue weighted by Gasteiger charge is -2.36. The number of ether oxygens (including phenoxy) is 1. The first-order chi connectivity index (χ1) is 10.9. The number of benzene rings is 1. The van der Waals surface area contributed by atoms with Crippen molar-refractivity contribution in [3.8, 4) is 5.75 Å². The fraction of sp³-hybridized carbons (Fsp3) is 0.412. The van der Waals surface area contributed by atoms with Crippen LogP contribution in [0.2, 0.25) is 5.02 Å². The lowest BCUT2D eigenvalue weighted by atomic mass is 9.93. The van der Waals surface area contributed by atoms with Crippen LogP contribution in [0.15, 0.2) is 24.3 Å². The highest BCUT2D eigenvalue weighted by Crippen LogP contribution is 2.25. The Morgan fingerprint density at radius 1 is 1.39 bits per heavy atom. The van der Waals surface area contributed by atoms with E-state index in [9.17, 15) is 9.59 Å². The Kier molecular flexibility index (Phi) is 5.66. The van der Waals surface area contributed by atoms with E-state index in [2.05, 4.69) is 0 Å². The zero-order valence-electron chi connectivity index (χ0n) is 13.3. The molecule has 2 amide bonds. The van der Waals surface area contributed by atoms with Crippen LogP contribution in [0.3, 0.4) is 0 Å². The van der Waals surface area contributed by atoms with Gasteiger partial charge in [-0.3, -0.25) is 9.59 Å². The number of rotatable bonds is 4. The van der Waals surface area contributed by atoms with Gasteiger partial charge in [0.1, 0.15) is 5.75 Å². The molecule has 6 heteroatoms. The van der Waals surface area contributed by atoms with Crippen LogP contribution in [0.25, 0.3) is 6.08 Å². The highest BCUT2D eigenvalue weighted by atomic mass is 35.5. The Labute approximate surface area is 141 Å². The van der Waals surface area contributed by atoms with Gasteiger partial charge in [0.15, 0.2) is 0 Å². The van der Waals surface area contributed by atoms with Crippen LogP contribution in [-0.4, -0.2) is 36.4 Å². The molecule has 1 heterocycles. The molecule has 2 atom stereocenters. The average molecular weight is 337 g/mol. The smallest absolute Gasteiger partial charge is 0.246 e. The second-order valence-corrected chi connectivity index (χ2v) is 6.17. The molecule has 0 radical (unpaired) electrons. The quantitative estimate of drug-likeness (QED) is 0.858. The topological polar surface area (TPSA) is 72.6 Å². The molecule has 0 bridgehead atoms. The van der Waals surface area contributed by atoms with Crippen molar-refractivity contribution >= 4 is 29.5 Å². The van der Waals surface area contributed by atoms with Gasteiger partial charge in [-0.15, -0.1) is 0 Å². The zero-order valence-corrected chi connectivity index (χ0v) is 14.0. The summed E-state index contributed by atoms with van der Waals surface area (Å²) < 4.78 is 5.25. The van der Waals surface area contributed by atoms with Crippen molar-refractivity contribution < 1.29 is 14.3 Å². The number of halogens is 1. The van der Waals surface area contributed by atoms with Crippen LogP contribution in [0, 0.1) is 5.92 Å². The van der Waals surface area contributed by atoms with E-state index in [0.717, 1.165) is 18.4 Å². The number of hydrogen-bond acceptors (Lipinski definition) is 3. The Bertz CT molecular complexity index is 630. The minimum Gasteiger partial charge on any atom is -0.496 e. The minimum absolute atomic E-state index is 0.0870. The zero-order chi connectivity index (χ0) is 17.0. The van der Waals surface area contributed by atoms with Gasteiger partial charge in [-0.25, -0.2) is 0 Å². The van der Waals surface area contributed by atoms with E-state index in [1.54, 1.807) is 36.3 Å². The van der Waals surface area contributed by atoms with E-state index < -0.39 is 0 Å². The van der Waals surface area contributed by atoms with E-state index in [-0.39, 0.29) is 23.8 Å². The van der Waals surface area contributed by atoms with Gasteiger partial charge in [-0.05, 0) is 44.0 Å². The van der Waals surface area contributed by atoms with E-state index >= 15 is 0 Å². The molecule has 1 aliphatic heterocycles. The fourth-order valence-electron chi connectivity index (χ4n) is 2.74. The molecule has 0 spiro atoms. The van der Waals surface area contributed by atoms with Crippen molar-refractivity contribution in [2.75, 3.05) is 13.7 Å². The highest BCUT2D eigenvalue weighted by molar-refractivity contribution is 6.30. The molecule has 1 aromatic carbocycles. The normalized spacial score (nSPS) is 21.4. The molecule has 23 heavy (non-hydrogen) atoms. The average Bonchev–Trinajstić information content (AvgIpc) is 2.53. The van der Waals surface area contributed by atoms with E-state index in [1.807, 2.05) is 6.92 Å². The van der Waals surface area contributed by atoms with Gasteiger partial charge in [0.2, 0.25) is 11.8 Å². The molecule has 2 rings (SSSR count). The van der Waals surface area contributed by atoms with Crippen molar-refractivity contribution in [3.05, 3.63) is 34.9 Å². The summed E-state index contributed by atoms with van der Waals surface area (Å²) in [7, 11) is 1.56. The van der Waals surface area contributed by atoms with Gasteiger partial charge >= 0.3 is 0 Å². The third kappa shape index (κ3) is 4.26. The van der Waals surface area contributed by atoms with Gasteiger partial charge < -0.3 is 15.4 Å². The first kappa shape index (κ1) is 17.3. The van der Waals surface area contributed by atoms with Crippen molar-refractivity contribution in [1.29, 1.82) is 0 Å². The number of primary amides is 1. The maximum absolute atomic E-state index is 12.4. The summed E-state index contributed by atoms with van der Waals surface area (Å²) in [6.07, 6.45) is 4.65. The van der Waals surface area contributed by atoms with Gasteiger partial charge in [-0.1, -0.05) is 11.6 Å². The third-order valence-electron chi connectivity index (χ3n) is 4.16. The third-order valence-corrected chi connectivity index (χ3v) is 4.40. The molecule has 0 unspecified atom stereocenters. The number of piperidine rings is 1. The van der Waals surface area contributed by atoms with Crippen molar-refractivity contribution in [2.24, 2.45) is 11.7 Å². The maximum atomic E-state index is 12.4. The van der Waals surface area contributed by atoms with E-state index in [4.69, 9.17) is 22.1 Å². The standard InChI is InChI=1S/C17H21ClN2O3/c1-11-3-4-13(17(19)22)10-20(11)16(21)8-5-12-9-14(18)6-7-15(12)23-2/h5-9,11,13H,3-4,10H2,1-2H3,(H2,19,22)/b8-5+/t11-,13+/m0/s1. The highest BCUT2D eigenvalue weighted by Gasteiger charge is 2.30. The van der Waals surface area contributed by atoms with Gasteiger partial charge in [-0.2, -0.15) is 0 Å². The molecule has 0 aromatic heterocycles. The van der Waals surface area contributed by atoms with Gasteiger partial charge in [0.05, 0.1) is 13.0 Å². The monoisotopic (exact) mass is 336 g/mol. The fourth-order valence-corrected chi connectivity index (χ4v) is 2.92. The Morgan fingerprint density at radius 3 is 2.78 bits per heavy atom. The summed E-state index contributed by atoms with van der Waals surface area (Å²) in [4.78, 5) is 25.5. The first-order valence-corrected chi connectivity index (χ1v) is 7.91. The van der Waals surface area contributed by atoms with Crippen LogP contribution in [0.5, 0.6) is 5.75 Å². The molecular formula is C17H21ClN2O3. The van der Waals surface area contributed by atoms with Crippen molar-refractivity contribution in [1.82, 2.24) is 4.90 Å². The molecule has 1 fully saturated rings. The van der Waals surface area contributed by atoms with E-state index in [0.29, 0.717) is 17.3 Å². The van der Waals surface area contributed by atoms with Gasteiger partial charge in [0.25, 0.3) is 0 Å². The number of amides is 2. The number of carbonyl (C=O) groups excluding carboxylic acids is 2. The predicted octanol–water partition coefficient (Wildman–Crippen LogP) is 2.47. The summed E-state index contributed by atoms with van der Waals surface area (Å²) >= 11 is 5.98. The summed E-state index contributed by atoms with van der Waals surface area (Å²) in [6.45, 7) is 2.34. The summed E-state index contributed by atoms with van der Waals surface area (Å²) in [6, 6.07) is 5.29. The molecule has 0 aliphatic carbocycles. The van der Waals surface area contributed by atoms with Crippen LogP contribution in [0.4, 0.5) is 0 Å². The lowest BCUT2D eigenvalue weighted by Crippen LogP contribution is -2.48. The van der Waals surface area contributed by atoms with Crippen LogP contribution >= 0.6 is 11.6 Å². The first-order valence-electron chi connectivity index (χ1n) is 7.54. The van der Waals surface area contributed by atoms with Gasteiger partial charge in [0, 0.05) is 29.2 Å². The Balaban J connectivity index is 2.14. The molecule has 1 aliphatic rings. The Morgan fingerprint density at radius 2 is 2.13 bits per heavy atom. The van der Waals surface area contributed by atoms with Crippen LogP contribution in [-0.2, 0) is 9.59 Å². The molecular weight excluding hydrogens is 316 g/mol. The number of likely N-dealkylation sites (tertiary alicyclic amines) is 1. The largest absolute Gasteiger partial charge is 0.496 e. The molecule has 1 aromatic rings. The molecule has 5 nitrogen and oxygen atoms in total. The number of methoxy groups -OCH3 is 1. The lowest BCUT2D eigenvalue weighted by molar-refractivity contribution is -0.133. The molecule has 2 N–H and O–H groups in total. The number of hydrogen-bond donors (Lipinski definition) is 1. The predicted molar refractivity (Wildman–Crippen MR) is 90.1 cm³/mol. The summed E-state index contributed by atoms with van der Waals surface area (Å²) in [5.74, 6) is -0.134. The number of nitrogens with two attached hydrogens (primary N) is 1. The van der Waals surface area contributed by atoms with Crippen molar-refractivity contribution in [3.63, 3.8) is 0 Å². The van der Waals surface area contributed by atoms with Crippen molar-refractivity contribution in [2.45, 2.75) is 25.8 Å². The number of carbonyl (C=O) groups is 2.